The molecule has 0 amide bonds. The minimum Gasteiger partial charge on any atom is -0.373 e. The van der Waals surface area contributed by atoms with E-state index in [9.17, 15) is 8.78 Å². The van der Waals surface area contributed by atoms with Gasteiger partial charge in [-0.05, 0) is 37.3 Å². The van der Waals surface area contributed by atoms with Gasteiger partial charge in [-0.15, -0.1) is 0 Å². The minimum absolute atomic E-state index is 0.0475. The molecule has 0 spiro atoms. The van der Waals surface area contributed by atoms with E-state index in [1.807, 2.05) is 6.07 Å². The summed E-state index contributed by atoms with van der Waals surface area (Å²) in [4.78, 5) is 0. The molecule has 1 aromatic rings. The molecular weight excluding hydrogens is 260 g/mol. The Balaban J connectivity index is 1.72. The van der Waals surface area contributed by atoms with E-state index in [2.05, 4.69) is 5.32 Å². The first-order valence-corrected chi connectivity index (χ1v) is 7.47. The van der Waals surface area contributed by atoms with E-state index in [0.29, 0.717) is 12.0 Å². The Hall–Kier alpha value is -1.00. The summed E-state index contributed by atoms with van der Waals surface area (Å²) in [7, 11) is 0. The van der Waals surface area contributed by atoms with Gasteiger partial charge in [-0.2, -0.15) is 0 Å². The molecule has 2 nitrogen and oxygen atoms in total. The van der Waals surface area contributed by atoms with Crippen molar-refractivity contribution < 1.29 is 13.5 Å². The van der Waals surface area contributed by atoms with Crippen molar-refractivity contribution in [3.05, 3.63) is 35.4 Å². The summed E-state index contributed by atoms with van der Waals surface area (Å²) < 4.78 is 31.5. The van der Waals surface area contributed by atoms with Crippen molar-refractivity contribution in [3.63, 3.8) is 0 Å². The van der Waals surface area contributed by atoms with Crippen LogP contribution in [-0.4, -0.2) is 19.2 Å². The number of nitrogens with one attached hydrogen (secondary N) is 1. The molecule has 1 aromatic carbocycles. The second kappa shape index (κ2) is 6.19. The predicted molar refractivity (Wildman–Crippen MR) is 73.8 cm³/mol. The van der Waals surface area contributed by atoms with E-state index in [0.717, 1.165) is 31.6 Å². The number of halogens is 2. The second-order valence-electron chi connectivity index (χ2n) is 5.85. The maximum absolute atomic E-state index is 12.8. The summed E-state index contributed by atoms with van der Waals surface area (Å²) in [6.45, 7) is 1.65. The second-order valence-corrected chi connectivity index (χ2v) is 5.85. The molecule has 2 aliphatic rings. The van der Waals surface area contributed by atoms with Gasteiger partial charge < -0.3 is 10.1 Å². The first-order chi connectivity index (χ1) is 9.74. The van der Waals surface area contributed by atoms with Crippen LogP contribution in [0.2, 0.25) is 0 Å². The van der Waals surface area contributed by atoms with Gasteiger partial charge in [-0.25, -0.2) is 8.78 Å². The fourth-order valence-corrected chi connectivity index (χ4v) is 2.90. The van der Waals surface area contributed by atoms with Crippen LogP contribution >= 0.6 is 0 Å². The zero-order valence-corrected chi connectivity index (χ0v) is 11.5. The highest BCUT2D eigenvalue weighted by atomic mass is 19.3. The van der Waals surface area contributed by atoms with Gasteiger partial charge in [0.2, 0.25) is 0 Å². The van der Waals surface area contributed by atoms with Crippen LogP contribution in [-0.2, 0) is 4.74 Å². The van der Waals surface area contributed by atoms with Crippen LogP contribution in [0.5, 0.6) is 0 Å². The van der Waals surface area contributed by atoms with Gasteiger partial charge >= 0.3 is 0 Å². The van der Waals surface area contributed by atoms with Crippen LogP contribution in [0.1, 0.15) is 49.3 Å². The van der Waals surface area contributed by atoms with Gasteiger partial charge in [-0.1, -0.05) is 18.2 Å². The summed E-state index contributed by atoms with van der Waals surface area (Å²) in [5.41, 5.74) is 0.982. The normalized spacial score (nSPS) is 26.9. The zero-order valence-electron chi connectivity index (χ0n) is 11.5. The van der Waals surface area contributed by atoms with E-state index < -0.39 is 6.43 Å². The lowest BCUT2D eigenvalue weighted by Gasteiger charge is -2.32. The Morgan fingerprint density at radius 2 is 2.10 bits per heavy atom. The van der Waals surface area contributed by atoms with Crippen LogP contribution in [0.3, 0.4) is 0 Å². The highest BCUT2D eigenvalue weighted by Crippen LogP contribution is 2.35. The minimum atomic E-state index is -2.42. The van der Waals surface area contributed by atoms with Gasteiger partial charge in [-0.3, -0.25) is 0 Å². The lowest BCUT2D eigenvalue weighted by atomic mass is 9.88. The van der Waals surface area contributed by atoms with Gasteiger partial charge in [0.15, 0.2) is 0 Å². The van der Waals surface area contributed by atoms with Crippen molar-refractivity contribution in [3.8, 4) is 0 Å². The Bertz CT molecular complexity index is 448. The molecule has 4 heteroatoms. The Labute approximate surface area is 118 Å². The molecule has 1 saturated carbocycles. The Morgan fingerprint density at radius 3 is 2.85 bits per heavy atom. The lowest BCUT2D eigenvalue weighted by molar-refractivity contribution is -0.0280. The average Bonchev–Trinajstić information content (AvgIpc) is 3.30. The average molecular weight is 281 g/mol. The van der Waals surface area contributed by atoms with Crippen LogP contribution in [0.15, 0.2) is 24.3 Å². The molecule has 1 aliphatic carbocycles. The van der Waals surface area contributed by atoms with Crippen molar-refractivity contribution in [2.45, 2.75) is 44.3 Å². The quantitative estimate of drug-likeness (QED) is 0.885. The van der Waals surface area contributed by atoms with Crippen LogP contribution in [0.25, 0.3) is 0 Å². The summed E-state index contributed by atoms with van der Waals surface area (Å²) >= 11 is 0. The first-order valence-electron chi connectivity index (χ1n) is 7.47. The van der Waals surface area contributed by atoms with Crippen LogP contribution in [0.4, 0.5) is 8.78 Å². The van der Waals surface area contributed by atoms with Crippen LogP contribution < -0.4 is 5.32 Å². The maximum atomic E-state index is 12.8. The fourth-order valence-electron chi connectivity index (χ4n) is 2.90. The molecular formula is C16H21F2NO. The first kappa shape index (κ1) is 14.0. The van der Waals surface area contributed by atoms with Gasteiger partial charge in [0.25, 0.3) is 6.43 Å². The number of alkyl halides is 2. The molecule has 0 aromatic heterocycles. The summed E-state index contributed by atoms with van der Waals surface area (Å²) in [5, 5.41) is 3.54. The van der Waals surface area contributed by atoms with Crippen LogP contribution in [0, 0.1) is 5.92 Å². The van der Waals surface area contributed by atoms with Gasteiger partial charge in [0, 0.05) is 30.7 Å². The smallest absolute Gasteiger partial charge is 0.263 e. The van der Waals surface area contributed by atoms with E-state index >= 15 is 0 Å². The molecule has 110 valence electrons. The van der Waals surface area contributed by atoms with Crippen molar-refractivity contribution >= 4 is 0 Å². The van der Waals surface area contributed by atoms with E-state index in [1.54, 1.807) is 12.1 Å². The molecule has 1 aliphatic heterocycles. The van der Waals surface area contributed by atoms with Gasteiger partial charge in [0.05, 0.1) is 6.10 Å². The molecule has 20 heavy (non-hydrogen) atoms. The summed E-state index contributed by atoms with van der Waals surface area (Å²) in [5.74, 6) is 0.386. The van der Waals surface area contributed by atoms with Crippen molar-refractivity contribution in [2.75, 3.05) is 13.2 Å². The standard InChI is InChI=1S/C16H21F2NO/c17-16(18)12-4-1-3-11(9-12)15-13(5-2-8-20-15)10-19-14-6-7-14/h1,3-4,9,13-16,19H,2,5-8,10H2. The number of rotatable bonds is 5. The molecule has 1 heterocycles. The Kier molecular flexibility index (Phi) is 4.32. The molecule has 1 saturated heterocycles. The van der Waals surface area contributed by atoms with Crippen molar-refractivity contribution in [1.82, 2.24) is 5.32 Å². The van der Waals surface area contributed by atoms with Crippen molar-refractivity contribution in [1.29, 1.82) is 0 Å². The Morgan fingerprint density at radius 1 is 1.25 bits per heavy atom. The molecule has 0 bridgehead atoms. The molecule has 2 unspecified atom stereocenters. The molecule has 2 fully saturated rings. The largest absolute Gasteiger partial charge is 0.373 e. The lowest BCUT2D eigenvalue weighted by Crippen LogP contribution is -2.32. The highest BCUT2D eigenvalue weighted by Gasteiger charge is 2.30. The third kappa shape index (κ3) is 3.36. The number of benzene rings is 1. The third-order valence-electron chi connectivity index (χ3n) is 4.18. The summed E-state index contributed by atoms with van der Waals surface area (Å²) in [6.07, 6.45) is 2.22. The molecule has 3 rings (SSSR count). The van der Waals surface area contributed by atoms with Gasteiger partial charge in [0.1, 0.15) is 0 Å². The number of ether oxygens (including phenoxy) is 1. The third-order valence-corrected chi connectivity index (χ3v) is 4.18. The topological polar surface area (TPSA) is 21.3 Å². The monoisotopic (exact) mass is 281 g/mol. The predicted octanol–water partition coefficient (Wildman–Crippen LogP) is 3.84. The SMILES string of the molecule is FC(F)c1cccc(C2OCCCC2CNC2CC2)c1. The number of hydrogen-bond donors (Lipinski definition) is 1. The van der Waals surface area contributed by atoms with Crippen molar-refractivity contribution in [2.24, 2.45) is 5.92 Å². The highest BCUT2D eigenvalue weighted by molar-refractivity contribution is 5.27. The molecule has 0 radical (unpaired) electrons. The van der Waals surface area contributed by atoms with E-state index in [4.69, 9.17) is 4.74 Å². The fraction of sp³-hybridized carbons (Fsp3) is 0.625. The van der Waals surface area contributed by atoms with E-state index in [-0.39, 0.29) is 11.7 Å². The maximum Gasteiger partial charge on any atom is 0.263 e. The van der Waals surface area contributed by atoms with E-state index in [1.165, 1.54) is 18.9 Å². The molecule has 2 atom stereocenters. The number of hydrogen-bond acceptors (Lipinski definition) is 2. The summed E-state index contributed by atoms with van der Waals surface area (Å²) in [6, 6.07) is 7.37. The molecule has 1 N–H and O–H groups in total. The zero-order chi connectivity index (χ0) is 13.9.